The highest BCUT2D eigenvalue weighted by molar-refractivity contribution is 5.52. The van der Waals surface area contributed by atoms with Crippen molar-refractivity contribution in [3.05, 3.63) is 35.4 Å². The van der Waals surface area contributed by atoms with Crippen LogP contribution >= 0.6 is 0 Å². The summed E-state index contributed by atoms with van der Waals surface area (Å²) in [5.41, 5.74) is 0.590. The number of nitrogens with one attached hydrogen (secondary N) is 1. The van der Waals surface area contributed by atoms with Crippen LogP contribution in [-0.4, -0.2) is 20.7 Å². The van der Waals surface area contributed by atoms with Gasteiger partial charge < -0.3 is 10.1 Å². The molecule has 0 aliphatic rings. The van der Waals surface area contributed by atoms with E-state index in [-0.39, 0.29) is 5.75 Å². The summed E-state index contributed by atoms with van der Waals surface area (Å²) in [4.78, 5) is 0. The van der Waals surface area contributed by atoms with E-state index in [0.29, 0.717) is 5.56 Å². The molecule has 0 spiro atoms. The van der Waals surface area contributed by atoms with E-state index in [9.17, 15) is 8.78 Å². The molecule has 0 saturated heterocycles. The second-order valence-corrected chi connectivity index (χ2v) is 3.31. The Bertz CT molecular complexity index is 378. The molecule has 1 aromatic carbocycles. The molecule has 0 aromatic heterocycles. The molecule has 0 saturated carbocycles. The molecule has 0 fully saturated rings. The number of halogens is 2. The Balaban J connectivity index is 2.81. The standard InChI is InChI=1S/C12H15F2NO/c1-15-6-4-3-5-9-7-10(13)12(14)11(8-9)16-2/h3,5,7-8,15H,4,6H2,1-2H3. The highest BCUT2D eigenvalue weighted by atomic mass is 19.2. The summed E-state index contributed by atoms with van der Waals surface area (Å²) in [6.45, 7) is 0.845. The predicted molar refractivity (Wildman–Crippen MR) is 60.5 cm³/mol. The van der Waals surface area contributed by atoms with E-state index in [1.807, 2.05) is 13.1 Å². The molecule has 4 heteroatoms. The quantitative estimate of drug-likeness (QED) is 0.781. The molecular formula is C12H15F2NO. The molecule has 16 heavy (non-hydrogen) atoms. The number of ether oxygens (including phenoxy) is 1. The summed E-state index contributed by atoms with van der Waals surface area (Å²) in [5, 5.41) is 2.99. The van der Waals surface area contributed by atoms with Gasteiger partial charge in [0, 0.05) is 0 Å². The third-order valence-corrected chi connectivity index (χ3v) is 2.11. The largest absolute Gasteiger partial charge is 0.494 e. The molecule has 0 atom stereocenters. The average Bonchev–Trinajstić information content (AvgIpc) is 2.29. The molecule has 1 N–H and O–H groups in total. The van der Waals surface area contributed by atoms with Gasteiger partial charge in [-0.15, -0.1) is 0 Å². The lowest BCUT2D eigenvalue weighted by Gasteiger charge is -2.04. The lowest BCUT2D eigenvalue weighted by molar-refractivity contribution is 0.371. The summed E-state index contributed by atoms with van der Waals surface area (Å²) in [6, 6.07) is 2.61. The second-order valence-electron chi connectivity index (χ2n) is 3.31. The molecule has 0 aliphatic carbocycles. The minimum absolute atomic E-state index is 0.0757. The van der Waals surface area contributed by atoms with Crippen molar-refractivity contribution in [3.8, 4) is 5.75 Å². The van der Waals surface area contributed by atoms with Crippen molar-refractivity contribution >= 4 is 6.08 Å². The van der Waals surface area contributed by atoms with Crippen molar-refractivity contribution in [3.63, 3.8) is 0 Å². The van der Waals surface area contributed by atoms with Crippen molar-refractivity contribution in [2.45, 2.75) is 6.42 Å². The molecule has 1 aromatic rings. The maximum Gasteiger partial charge on any atom is 0.200 e. The van der Waals surface area contributed by atoms with Crippen LogP contribution in [0.3, 0.4) is 0 Å². The summed E-state index contributed by atoms with van der Waals surface area (Å²) in [6.07, 6.45) is 4.46. The highest BCUT2D eigenvalue weighted by Gasteiger charge is 2.09. The van der Waals surface area contributed by atoms with Crippen molar-refractivity contribution in [2.24, 2.45) is 0 Å². The first-order valence-corrected chi connectivity index (χ1v) is 5.03. The fraction of sp³-hybridized carbons (Fsp3) is 0.333. The molecule has 88 valence electrons. The first kappa shape index (κ1) is 12.6. The lowest BCUT2D eigenvalue weighted by Crippen LogP contribution is -2.05. The van der Waals surface area contributed by atoms with Crippen LogP contribution < -0.4 is 10.1 Å². The normalized spacial score (nSPS) is 11.0. The number of methoxy groups -OCH3 is 1. The number of hydrogen-bond acceptors (Lipinski definition) is 2. The van der Waals surface area contributed by atoms with Crippen molar-refractivity contribution in [1.29, 1.82) is 0 Å². The maximum atomic E-state index is 13.1. The number of benzene rings is 1. The second kappa shape index (κ2) is 6.23. The van der Waals surface area contributed by atoms with E-state index in [0.717, 1.165) is 19.0 Å². The van der Waals surface area contributed by atoms with Crippen LogP contribution in [0.2, 0.25) is 0 Å². The Labute approximate surface area is 93.9 Å². The Hall–Kier alpha value is -1.42. The zero-order chi connectivity index (χ0) is 12.0. The fourth-order valence-corrected chi connectivity index (χ4v) is 1.28. The van der Waals surface area contributed by atoms with E-state index in [1.165, 1.54) is 13.2 Å². The summed E-state index contributed by atoms with van der Waals surface area (Å²) in [7, 11) is 3.17. The molecule has 1 rings (SSSR count). The average molecular weight is 227 g/mol. The van der Waals surface area contributed by atoms with Gasteiger partial charge in [0.1, 0.15) is 0 Å². The van der Waals surface area contributed by atoms with E-state index < -0.39 is 11.6 Å². The molecule has 0 heterocycles. The fourth-order valence-electron chi connectivity index (χ4n) is 1.28. The van der Waals surface area contributed by atoms with Crippen LogP contribution in [0, 0.1) is 11.6 Å². The maximum absolute atomic E-state index is 13.1. The molecule has 0 aliphatic heterocycles. The number of hydrogen-bond donors (Lipinski definition) is 1. The Morgan fingerprint density at radius 1 is 1.38 bits per heavy atom. The third-order valence-electron chi connectivity index (χ3n) is 2.11. The van der Waals surface area contributed by atoms with Gasteiger partial charge in [-0.3, -0.25) is 0 Å². The summed E-state index contributed by atoms with van der Waals surface area (Å²) >= 11 is 0. The van der Waals surface area contributed by atoms with E-state index in [1.54, 1.807) is 6.08 Å². The number of rotatable bonds is 5. The predicted octanol–water partition coefficient (Wildman–Crippen LogP) is 2.60. The van der Waals surface area contributed by atoms with Gasteiger partial charge in [0.2, 0.25) is 5.82 Å². The van der Waals surface area contributed by atoms with Crippen LogP contribution in [0.15, 0.2) is 18.2 Å². The minimum Gasteiger partial charge on any atom is -0.494 e. The summed E-state index contributed by atoms with van der Waals surface area (Å²) in [5.74, 6) is -1.92. The van der Waals surface area contributed by atoms with Gasteiger partial charge in [-0.25, -0.2) is 4.39 Å². The van der Waals surface area contributed by atoms with Gasteiger partial charge in [0.25, 0.3) is 0 Å². The first-order chi connectivity index (χ1) is 7.69. The van der Waals surface area contributed by atoms with Gasteiger partial charge in [-0.05, 0) is 37.7 Å². The molecule has 0 amide bonds. The molecule has 0 radical (unpaired) electrons. The van der Waals surface area contributed by atoms with E-state index in [4.69, 9.17) is 4.74 Å². The molecule has 2 nitrogen and oxygen atoms in total. The van der Waals surface area contributed by atoms with E-state index in [2.05, 4.69) is 5.32 Å². The van der Waals surface area contributed by atoms with Crippen LogP contribution in [0.5, 0.6) is 5.75 Å². The Morgan fingerprint density at radius 2 is 2.12 bits per heavy atom. The van der Waals surface area contributed by atoms with Crippen LogP contribution in [0.1, 0.15) is 12.0 Å². The van der Waals surface area contributed by atoms with Gasteiger partial charge in [-0.1, -0.05) is 12.2 Å². The van der Waals surface area contributed by atoms with Crippen LogP contribution in [0.25, 0.3) is 6.08 Å². The molecule has 0 bridgehead atoms. The summed E-state index contributed by atoms with van der Waals surface area (Å²) < 4.78 is 30.9. The van der Waals surface area contributed by atoms with Gasteiger partial charge >= 0.3 is 0 Å². The van der Waals surface area contributed by atoms with E-state index >= 15 is 0 Å². The van der Waals surface area contributed by atoms with Crippen molar-refractivity contribution in [2.75, 3.05) is 20.7 Å². The molecular weight excluding hydrogens is 212 g/mol. The van der Waals surface area contributed by atoms with Gasteiger partial charge in [-0.2, -0.15) is 4.39 Å². The monoisotopic (exact) mass is 227 g/mol. The topological polar surface area (TPSA) is 21.3 Å². The van der Waals surface area contributed by atoms with Crippen LogP contribution in [-0.2, 0) is 0 Å². The van der Waals surface area contributed by atoms with Gasteiger partial charge in [0.15, 0.2) is 11.6 Å². The van der Waals surface area contributed by atoms with Crippen LogP contribution in [0.4, 0.5) is 8.78 Å². The SMILES string of the molecule is CNCCC=Cc1cc(F)c(F)c(OC)c1. The molecule has 0 unspecified atom stereocenters. The Morgan fingerprint density at radius 3 is 2.75 bits per heavy atom. The zero-order valence-electron chi connectivity index (χ0n) is 9.39. The first-order valence-electron chi connectivity index (χ1n) is 5.03. The third kappa shape index (κ3) is 3.31. The lowest BCUT2D eigenvalue weighted by atomic mass is 10.1. The Kier molecular flexibility index (Phi) is 4.92. The van der Waals surface area contributed by atoms with Crippen molar-refractivity contribution < 1.29 is 13.5 Å². The minimum atomic E-state index is -0.949. The smallest absolute Gasteiger partial charge is 0.200 e. The van der Waals surface area contributed by atoms with Gasteiger partial charge in [0.05, 0.1) is 7.11 Å². The zero-order valence-corrected chi connectivity index (χ0v) is 9.39. The van der Waals surface area contributed by atoms with Crippen molar-refractivity contribution in [1.82, 2.24) is 5.32 Å². The highest BCUT2D eigenvalue weighted by Crippen LogP contribution is 2.22.